The molecule has 0 aliphatic rings. The lowest BCUT2D eigenvalue weighted by Crippen LogP contribution is -2.27. The number of benzene rings is 1. The molecule has 4 nitrogen and oxygen atoms in total. The van der Waals surface area contributed by atoms with Gasteiger partial charge in [-0.1, -0.05) is 36.4 Å². The van der Waals surface area contributed by atoms with Gasteiger partial charge >= 0.3 is 6.09 Å². The van der Waals surface area contributed by atoms with E-state index in [2.05, 4.69) is 10.3 Å². The Bertz CT molecular complexity index is 669. The number of carbonyl (C=O) groups excluding carboxylic acids is 1. The lowest BCUT2D eigenvalue weighted by molar-refractivity contribution is 0.0635. The van der Waals surface area contributed by atoms with Gasteiger partial charge in [0.1, 0.15) is 5.60 Å². The van der Waals surface area contributed by atoms with Gasteiger partial charge < -0.3 is 4.74 Å². The molecule has 1 aromatic carbocycles. The van der Waals surface area contributed by atoms with Crippen molar-refractivity contribution in [3.05, 3.63) is 52.4 Å². The summed E-state index contributed by atoms with van der Waals surface area (Å²) >= 11 is 1.49. The molecular formula is C17H20N2O2S. The third kappa shape index (κ3) is 4.18. The Morgan fingerprint density at radius 2 is 1.95 bits per heavy atom. The van der Waals surface area contributed by atoms with E-state index in [-0.39, 0.29) is 0 Å². The molecule has 0 spiro atoms. The molecule has 0 unspecified atom stereocenters. The van der Waals surface area contributed by atoms with Crippen LogP contribution in [0.3, 0.4) is 0 Å². The number of amides is 1. The van der Waals surface area contributed by atoms with Crippen LogP contribution in [0.2, 0.25) is 0 Å². The molecule has 2 aromatic rings. The van der Waals surface area contributed by atoms with Crippen LogP contribution in [0.25, 0.3) is 5.57 Å². The maximum absolute atomic E-state index is 11.9. The maximum Gasteiger partial charge on any atom is 0.413 e. The third-order valence-corrected chi connectivity index (χ3v) is 3.66. The van der Waals surface area contributed by atoms with Crippen molar-refractivity contribution in [1.82, 2.24) is 4.98 Å². The number of ether oxygens (including phenoxy) is 1. The lowest BCUT2D eigenvalue weighted by atomic mass is 10.0. The zero-order valence-corrected chi connectivity index (χ0v) is 14.0. The molecule has 1 aromatic heterocycles. The molecule has 0 aliphatic heterocycles. The number of hydrogen-bond donors (Lipinski definition) is 1. The number of thiazole rings is 1. The first-order chi connectivity index (χ1) is 10.4. The molecule has 0 aliphatic carbocycles. The average Bonchev–Trinajstić information content (AvgIpc) is 2.87. The molecule has 0 bridgehead atoms. The van der Waals surface area contributed by atoms with Gasteiger partial charge in [-0.25, -0.2) is 9.78 Å². The van der Waals surface area contributed by atoms with Gasteiger partial charge in [-0.3, -0.25) is 5.32 Å². The molecule has 1 N–H and O–H groups in total. The van der Waals surface area contributed by atoms with Crippen LogP contribution in [0.4, 0.5) is 10.6 Å². The van der Waals surface area contributed by atoms with E-state index < -0.39 is 11.7 Å². The van der Waals surface area contributed by atoms with E-state index in [9.17, 15) is 4.79 Å². The van der Waals surface area contributed by atoms with Gasteiger partial charge in [-0.2, -0.15) is 0 Å². The standard InChI is InChI=1S/C17H20N2O2S/c1-5-13(12-9-7-6-8-10-12)14-15(18-11-22-14)19-16(20)21-17(2,3)4/h5-11H,1-4H3,(H,19,20). The van der Waals surface area contributed by atoms with Crippen molar-refractivity contribution in [2.24, 2.45) is 0 Å². The summed E-state index contributed by atoms with van der Waals surface area (Å²) in [6.45, 7) is 7.46. The number of nitrogens with one attached hydrogen (secondary N) is 1. The minimum absolute atomic E-state index is 0.497. The Kier molecular flexibility index (Phi) is 4.98. The van der Waals surface area contributed by atoms with Gasteiger partial charge in [0.25, 0.3) is 0 Å². The summed E-state index contributed by atoms with van der Waals surface area (Å²) in [5, 5.41) is 2.73. The molecule has 1 heterocycles. The van der Waals surface area contributed by atoms with Crippen LogP contribution in [-0.2, 0) is 4.74 Å². The summed E-state index contributed by atoms with van der Waals surface area (Å²) in [7, 11) is 0. The Labute approximate surface area is 134 Å². The molecule has 0 saturated carbocycles. The van der Waals surface area contributed by atoms with Gasteiger partial charge in [0.2, 0.25) is 0 Å². The Balaban J connectivity index is 2.24. The van der Waals surface area contributed by atoms with Crippen molar-refractivity contribution in [2.75, 3.05) is 5.32 Å². The van der Waals surface area contributed by atoms with Crippen LogP contribution in [-0.4, -0.2) is 16.7 Å². The number of aromatic nitrogens is 1. The number of hydrogen-bond acceptors (Lipinski definition) is 4. The highest BCUT2D eigenvalue weighted by molar-refractivity contribution is 7.11. The van der Waals surface area contributed by atoms with E-state index in [4.69, 9.17) is 4.74 Å². The predicted molar refractivity (Wildman–Crippen MR) is 91.2 cm³/mol. The minimum Gasteiger partial charge on any atom is -0.444 e. The van der Waals surface area contributed by atoms with Crippen LogP contribution >= 0.6 is 11.3 Å². The summed E-state index contributed by atoms with van der Waals surface area (Å²) < 4.78 is 5.28. The number of rotatable bonds is 3. The van der Waals surface area contributed by atoms with E-state index in [1.807, 2.05) is 64.1 Å². The Morgan fingerprint density at radius 3 is 2.55 bits per heavy atom. The van der Waals surface area contributed by atoms with Gasteiger partial charge in [-0.15, -0.1) is 11.3 Å². The number of allylic oxidation sites excluding steroid dienone is 1. The second-order valence-corrected chi connectivity index (χ2v) is 6.58. The smallest absolute Gasteiger partial charge is 0.413 e. The molecule has 116 valence electrons. The fourth-order valence-electron chi connectivity index (χ4n) is 1.97. The summed E-state index contributed by atoms with van der Waals surface area (Å²) in [5.74, 6) is 0.524. The number of carbonyl (C=O) groups is 1. The number of anilines is 1. The summed E-state index contributed by atoms with van der Waals surface area (Å²) in [4.78, 5) is 17.1. The normalized spacial score (nSPS) is 12.1. The topological polar surface area (TPSA) is 51.2 Å². The molecule has 0 saturated heterocycles. The van der Waals surface area contributed by atoms with Crippen molar-refractivity contribution >= 4 is 28.8 Å². The first-order valence-corrected chi connectivity index (χ1v) is 7.94. The molecule has 0 atom stereocenters. The Hall–Kier alpha value is -2.14. The average molecular weight is 316 g/mol. The second kappa shape index (κ2) is 6.75. The number of nitrogens with zero attached hydrogens (tertiary/aromatic N) is 1. The fourth-order valence-corrected chi connectivity index (χ4v) is 2.81. The van der Waals surface area contributed by atoms with Crippen molar-refractivity contribution in [3.8, 4) is 0 Å². The maximum atomic E-state index is 11.9. The SMILES string of the molecule is CC=C(c1ccccc1)c1scnc1NC(=O)OC(C)(C)C. The van der Waals surface area contributed by atoms with Crippen LogP contribution in [0.1, 0.15) is 38.1 Å². The van der Waals surface area contributed by atoms with Crippen molar-refractivity contribution < 1.29 is 9.53 Å². The molecule has 0 fully saturated rings. The summed E-state index contributed by atoms with van der Waals surface area (Å²) in [6.07, 6.45) is 1.52. The summed E-state index contributed by atoms with van der Waals surface area (Å²) in [5.41, 5.74) is 3.30. The van der Waals surface area contributed by atoms with Gasteiger partial charge in [0.15, 0.2) is 5.82 Å². The molecule has 0 radical (unpaired) electrons. The first kappa shape index (κ1) is 16.2. The summed E-state index contributed by atoms with van der Waals surface area (Å²) in [6, 6.07) is 10.0. The van der Waals surface area contributed by atoms with E-state index in [0.29, 0.717) is 5.82 Å². The molecule has 22 heavy (non-hydrogen) atoms. The van der Waals surface area contributed by atoms with Crippen LogP contribution in [0.15, 0.2) is 41.9 Å². The highest BCUT2D eigenvalue weighted by Gasteiger charge is 2.19. The molecule has 1 amide bonds. The van der Waals surface area contributed by atoms with Crippen molar-refractivity contribution in [1.29, 1.82) is 0 Å². The van der Waals surface area contributed by atoms with E-state index in [0.717, 1.165) is 16.0 Å². The first-order valence-electron chi connectivity index (χ1n) is 7.06. The minimum atomic E-state index is -0.539. The monoisotopic (exact) mass is 316 g/mol. The van der Waals surface area contributed by atoms with Crippen molar-refractivity contribution in [3.63, 3.8) is 0 Å². The second-order valence-electron chi connectivity index (χ2n) is 5.73. The van der Waals surface area contributed by atoms with Crippen LogP contribution in [0.5, 0.6) is 0 Å². The van der Waals surface area contributed by atoms with E-state index >= 15 is 0 Å². The van der Waals surface area contributed by atoms with Gasteiger partial charge in [-0.05, 0) is 38.8 Å². The van der Waals surface area contributed by atoms with Gasteiger partial charge in [0.05, 0.1) is 10.4 Å². The largest absolute Gasteiger partial charge is 0.444 e. The van der Waals surface area contributed by atoms with Crippen LogP contribution < -0.4 is 5.32 Å². The van der Waals surface area contributed by atoms with Gasteiger partial charge in [0, 0.05) is 0 Å². The predicted octanol–water partition coefficient (Wildman–Crippen LogP) is 4.94. The molecular weight excluding hydrogens is 296 g/mol. The zero-order valence-electron chi connectivity index (χ0n) is 13.2. The van der Waals surface area contributed by atoms with E-state index in [1.54, 1.807) is 5.51 Å². The third-order valence-electron chi connectivity index (χ3n) is 2.80. The van der Waals surface area contributed by atoms with E-state index in [1.165, 1.54) is 11.3 Å². The lowest BCUT2D eigenvalue weighted by Gasteiger charge is -2.19. The van der Waals surface area contributed by atoms with Crippen molar-refractivity contribution in [2.45, 2.75) is 33.3 Å². The quantitative estimate of drug-likeness (QED) is 0.872. The Morgan fingerprint density at radius 1 is 1.27 bits per heavy atom. The highest BCUT2D eigenvalue weighted by atomic mass is 32.1. The van der Waals surface area contributed by atoms with Crippen LogP contribution in [0, 0.1) is 0 Å². The zero-order chi connectivity index (χ0) is 16.2. The fraction of sp³-hybridized carbons (Fsp3) is 0.294. The highest BCUT2D eigenvalue weighted by Crippen LogP contribution is 2.32. The molecule has 5 heteroatoms. The molecule has 2 rings (SSSR count).